The van der Waals surface area contributed by atoms with E-state index in [2.05, 4.69) is 31.7 Å². The van der Waals surface area contributed by atoms with Crippen LogP contribution in [0.5, 0.6) is 11.5 Å². The summed E-state index contributed by atoms with van der Waals surface area (Å²) in [5, 5.41) is 5.60. The van der Waals surface area contributed by atoms with Crippen LogP contribution in [0.4, 0.5) is 0 Å². The number of hydrogen-bond acceptors (Lipinski definition) is 4. The van der Waals surface area contributed by atoms with E-state index in [1.807, 2.05) is 22.8 Å². The molecule has 2 aliphatic heterocycles. The molecule has 0 atom stereocenters. The number of allylic oxidation sites excluding steroid dienone is 2. The molecular formula is C16H12BrClN2O3S. The van der Waals surface area contributed by atoms with Gasteiger partial charge in [0.05, 0.1) is 6.54 Å². The molecule has 8 heteroatoms. The standard InChI is InChI=1S/C16H12BrClN2O3S/c17-15-12(8-21)20(16(19-15)24-3-1-2-4-24)7-10-5-13-14(6-11(10)18)23-9-22-13/h1-6,8,24H,7,9H2. The normalized spacial score (nSPS) is 16.2. The van der Waals surface area contributed by atoms with Crippen LogP contribution in [0.15, 0.2) is 44.9 Å². The molecule has 1 aromatic carbocycles. The zero-order chi connectivity index (χ0) is 16.7. The minimum atomic E-state index is -0.670. The number of benzene rings is 1. The lowest BCUT2D eigenvalue weighted by Gasteiger charge is -2.15. The SMILES string of the molecule is O=Cc1c(Br)nc([SH]2C=CC=C2)n1Cc1cc2c(cc1Cl)OCO2. The minimum Gasteiger partial charge on any atom is -0.454 e. The number of rotatable bonds is 4. The molecule has 0 spiro atoms. The summed E-state index contributed by atoms with van der Waals surface area (Å²) in [7, 11) is -0.670. The molecule has 5 nitrogen and oxygen atoms in total. The second kappa shape index (κ2) is 6.31. The van der Waals surface area contributed by atoms with Crippen molar-refractivity contribution in [1.29, 1.82) is 0 Å². The van der Waals surface area contributed by atoms with Crippen molar-refractivity contribution >= 4 is 44.7 Å². The molecule has 0 unspecified atom stereocenters. The fraction of sp³-hybridized carbons (Fsp3) is 0.125. The van der Waals surface area contributed by atoms with Crippen LogP contribution >= 0.6 is 38.4 Å². The lowest BCUT2D eigenvalue weighted by molar-refractivity contribution is 0.111. The Labute approximate surface area is 154 Å². The van der Waals surface area contributed by atoms with Gasteiger partial charge in [-0.3, -0.25) is 4.79 Å². The molecule has 1 aromatic heterocycles. The van der Waals surface area contributed by atoms with Gasteiger partial charge in [0.15, 0.2) is 22.9 Å². The summed E-state index contributed by atoms with van der Waals surface area (Å²) in [5.74, 6) is 1.30. The Morgan fingerprint density at radius 2 is 2.00 bits per heavy atom. The van der Waals surface area contributed by atoms with Crippen LogP contribution in [-0.4, -0.2) is 22.6 Å². The predicted octanol–water partition coefficient (Wildman–Crippen LogP) is 4.29. The van der Waals surface area contributed by atoms with Gasteiger partial charge in [0.1, 0.15) is 10.3 Å². The summed E-state index contributed by atoms with van der Waals surface area (Å²) in [6.07, 6.45) is 4.79. The van der Waals surface area contributed by atoms with Gasteiger partial charge in [0, 0.05) is 11.1 Å². The van der Waals surface area contributed by atoms with Gasteiger partial charge in [-0.1, -0.05) is 23.8 Å². The Morgan fingerprint density at radius 3 is 2.71 bits per heavy atom. The number of ether oxygens (including phenoxy) is 2. The summed E-state index contributed by atoms with van der Waals surface area (Å²) in [6.45, 7) is 0.620. The molecule has 0 saturated heterocycles. The summed E-state index contributed by atoms with van der Waals surface area (Å²) in [4.78, 5) is 16.1. The summed E-state index contributed by atoms with van der Waals surface area (Å²) >= 11 is 9.76. The number of nitrogens with zero attached hydrogens (tertiary/aromatic N) is 2. The third-order valence-electron chi connectivity index (χ3n) is 3.76. The first kappa shape index (κ1) is 15.8. The third kappa shape index (κ3) is 2.66. The second-order valence-corrected chi connectivity index (χ2v) is 8.15. The summed E-state index contributed by atoms with van der Waals surface area (Å²) < 4.78 is 13.2. The zero-order valence-corrected chi connectivity index (χ0v) is 15.5. The first-order chi connectivity index (χ1) is 11.7. The number of halogens is 2. The highest BCUT2D eigenvalue weighted by Crippen LogP contribution is 2.43. The zero-order valence-electron chi connectivity index (χ0n) is 12.3. The van der Waals surface area contributed by atoms with Crippen molar-refractivity contribution < 1.29 is 14.3 Å². The third-order valence-corrected chi connectivity index (χ3v) is 6.48. The molecule has 0 amide bonds. The van der Waals surface area contributed by atoms with Gasteiger partial charge < -0.3 is 14.0 Å². The van der Waals surface area contributed by atoms with Crippen LogP contribution in [0, 0.1) is 0 Å². The van der Waals surface area contributed by atoms with Crippen molar-refractivity contribution in [1.82, 2.24) is 9.55 Å². The molecule has 0 bridgehead atoms. The van der Waals surface area contributed by atoms with Crippen molar-refractivity contribution in [2.75, 3.05) is 6.79 Å². The van der Waals surface area contributed by atoms with Gasteiger partial charge in [-0.15, -0.1) is 0 Å². The molecule has 2 aromatic rings. The van der Waals surface area contributed by atoms with E-state index in [1.54, 1.807) is 6.07 Å². The molecule has 124 valence electrons. The fourth-order valence-electron chi connectivity index (χ4n) is 2.61. The Kier molecular flexibility index (Phi) is 4.15. The maximum atomic E-state index is 11.5. The Bertz CT molecular complexity index is 882. The van der Waals surface area contributed by atoms with Crippen LogP contribution in [-0.2, 0) is 6.54 Å². The number of aromatic nitrogens is 2. The van der Waals surface area contributed by atoms with Gasteiger partial charge in [0.2, 0.25) is 6.79 Å². The van der Waals surface area contributed by atoms with Crippen molar-refractivity contribution in [3.63, 3.8) is 0 Å². The average molecular weight is 428 g/mol. The van der Waals surface area contributed by atoms with E-state index in [9.17, 15) is 4.79 Å². The van der Waals surface area contributed by atoms with Crippen LogP contribution in [0.25, 0.3) is 0 Å². The van der Waals surface area contributed by atoms with Crippen molar-refractivity contribution in [2.24, 2.45) is 0 Å². The molecule has 24 heavy (non-hydrogen) atoms. The molecule has 4 rings (SSSR count). The van der Waals surface area contributed by atoms with Gasteiger partial charge in [-0.25, -0.2) is 4.98 Å². The lowest BCUT2D eigenvalue weighted by Crippen LogP contribution is -2.07. The maximum Gasteiger partial charge on any atom is 0.231 e. The molecule has 0 saturated carbocycles. The molecule has 0 aliphatic carbocycles. The number of thiol groups is 1. The van der Waals surface area contributed by atoms with Gasteiger partial charge >= 0.3 is 0 Å². The smallest absolute Gasteiger partial charge is 0.231 e. The van der Waals surface area contributed by atoms with Crippen LogP contribution < -0.4 is 9.47 Å². The van der Waals surface area contributed by atoms with E-state index in [1.165, 1.54) is 0 Å². The number of fused-ring (bicyclic) bond motifs is 1. The van der Waals surface area contributed by atoms with Crippen molar-refractivity contribution in [3.8, 4) is 11.5 Å². The van der Waals surface area contributed by atoms with Gasteiger partial charge in [-0.05, 0) is 38.4 Å². The second-order valence-electron chi connectivity index (χ2n) is 5.18. The minimum absolute atomic E-state index is 0.192. The van der Waals surface area contributed by atoms with Gasteiger partial charge in [-0.2, -0.15) is 10.9 Å². The predicted molar refractivity (Wildman–Crippen MR) is 97.5 cm³/mol. The molecule has 2 aliphatic rings. The van der Waals surface area contributed by atoms with Gasteiger partial charge in [0.25, 0.3) is 0 Å². The van der Waals surface area contributed by atoms with Crippen molar-refractivity contribution in [2.45, 2.75) is 11.7 Å². The Morgan fingerprint density at radius 1 is 1.29 bits per heavy atom. The van der Waals surface area contributed by atoms with E-state index in [-0.39, 0.29) is 6.79 Å². The molecule has 0 fully saturated rings. The molecular weight excluding hydrogens is 416 g/mol. The topological polar surface area (TPSA) is 53.4 Å². The largest absolute Gasteiger partial charge is 0.454 e. The Balaban J connectivity index is 1.78. The lowest BCUT2D eigenvalue weighted by atomic mass is 10.2. The summed E-state index contributed by atoms with van der Waals surface area (Å²) in [6, 6.07) is 3.59. The fourth-order valence-corrected chi connectivity index (χ4v) is 5.04. The van der Waals surface area contributed by atoms with Crippen LogP contribution in [0.3, 0.4) is 0 Å². The Hall–Kier alpha value is -1.70. The number of carbonyl (C=O) groups excluding carboxylic acids is 1. The highest BCUT2D eigenvalue weighted by molar-refractivity contribution is 9.10. The molecule has 0 N–H and O–H groups in total. The summed E-state index contributed by atoms with van der Waals surface area (Å²) in [5.41, 5.74) is 1.34. The van der Waals surface area contributed by atoms with E-state index in [0.29, 0.717) is 33.4 Å². The number of carbonyl (C=O) groups is 1. The van der Waals surface area contributed by atoms with Crippen LogP contribution in [0.2, 0.25) is 5.02 Å². The number of imidazole rings is 1. The first-order valence-corrected chi connectivity index (χ1v) is 9.75. The van der Waals surface area contributed by atoms with E-state index < -0.39 is 10.9 Å². The maximum absolute atomic E-state index is 11.5. The molecule has 0 radical (unpaired) electrons. The van der Waals surface area contributed by atoms with Crippen LogP contribution in [0.1, 0.15) is 16.1 Å². The van der Waals surface area contributed by atoms with E-state index in [0.717, 1.165) is 17.0 Å². The quantitative estimate of drug-likeness (QED) is 0.584. The van der Waals surface area contributed by atoms with E-state index in [4.69, 9.17) is 21.1 Å². The average Bonchev–Trinajstić information content (AvgIpc) is 3.28. The highest BCUT2D eigenvalue weighted by atomic mass is 79.9. The highest BCUT2D eigenvalue weighted by Gasteiger charge is 2.22. The number of hydrogen-bond donors (Lipinski definition) is 1. The first-order valence-electron chi connectivity index (χ1n) is 7.10. The number of aldehydes is 1. The van der Waals surface area contributed by atoms with E-state index >= 15 is 0 Å². The molecule has 3 heterocycles. The van der Waals surface area contributed by atoms with Crippen molar-refractivity contribution in [3.05, 3.63) is 56.0 Å². The monoisotopic (exact) mass is 426 g/mol.